The normalized spacial score (nSPS) is 26.1. The quantitative estimate of drug-likeness (QED) is 0.864. The molecule has 1 amide bonds. The Morgan fingerprint density at radius 2 is 1.88 bits per heavy atom. The topological polar surface area (TPSA) is 72.2 Å². The van der Waals surface area contributed by atoms with Gasteiger partial charge in [0.15, 0.2) is 5.58 Å². The molecule has 4 rings (SSSR count). The number of oxazole rings is 1. The number of amides is 1. The number of anilines is 1. The van der Waals surface area contributed by atoms with Crippen LogP contribution < -0.4 is 5.32 Å². The van der Waals surface area contributed by atoms with Crippen molar-refractivity contribution in [1.82, 2.24) is 4.98 Å². The summed E-state index contributed by atoms with van der Waals surface area (Å²) in [6, 6.07) is 5.57. The highest BCUT2D eigenvalue weighted by atomic mass is 16.3. The fourth-order valence-electron chi connectivity index (χ4n) is 4.26. The summed E-state index contributed by atoms with van der Waals surface area (Å²) in [6.07, 6.45) is 4.40. The van der Waals surface area contributed by atoms with Crippen LogP contribution in [0.15, 0.2) is 22.6 Å². The third-order valence-corrected chi connectivity index (χ3v) is 5.72. The van der Waals surface area contributed by atoms with Gasteiger partial charge in [0.1, 0.15) is 11.3 Å². The lowest BCUT2D eigenvalue weighted by Gasteiger charge is -2.36. The van der Waals surface area contributed by atoms with Crippen molar-refractivity contribution in [3.63, 3.8) is 0 Å². The lowest BCUT2D eigenvalue weighted by Crippen LogP contribution is -2.40. The first-order valence-corrected chi connectivity index (χ1v) is 9.57. The molecule has 1 heterocycles. The first kappa shape index (κ1) is 17.3. The summed E-state index contributed by atoms with van der Waals surface area (Å²) < 4.78 is 5.81. The van der Waals surface area contributed by atoms with Gasteiger partial charge < -0.3 is 9.73 Å². The molecule has 0 radical (unpaired) electrons. The summed E-state index contributed by atoms with van der Waals surface area (Å²) in [6.45, 7) is 6.17. The number of benzene rings is 1. The minimum Gasteiger partial charge on any atom is -0.440 e. The van der Waals surface area contributed by atoms with Crippen LogP contribution in [-0.2, 0) is 15.0 Å². The van der Waals surface area contributed by atoms with Gasteiger partial charge in [-0.05, 0) is 43.9 Å². The molecule has 5 heteroatoms. The maximum Gasteiger partial charge on any atom is 0.227 e. The molecule has 1 aromatic carbocycles. The third-order valence-electron chi connectivity index (χ3n) is 5.72. The number of carbonyl (C=O) groups excluding carboxylic acids is 2. The molecule has 138 valence electrons. The van der Waals surface area contributed by atoms with Gasteiger partial charge in [-0.1, -0.05) is 27.2 Å². The molecule has 1 N–H and O–H groups in total. The van der Waals surface area contributed by atoms with E-state index in [1.807, 2.05) is 18.2 Å². The minimum absolute atomic E-state index is 0.0216. The van der Waals surface area contributed by atoms with Crippen molar-refractivity contribution in [2.24, 2.45) is 17.8 Å². The van der Waals surface area contributed by atoms with Crippen LogP contribution in [-0.4, -0.2) is 16.7 Å². The molecule has 2 aliphatic carbocycles. The van der Waals surface area contributed by atoms with E-state index in [0.29, 0.717) is 24.5 Å². The van der Waals surface area contributed by atoms with Crippen LogP contribution in [0.5, 0.6) is 0 Å². The van der Waals surface area contributed by atoms with E-state index in [4.69, 9.17) is 4.42 Å². The van der Waals surface area contributed by atoms with Crippen LogP contribution in [0.4, 0.5) is 5.69 Å². The van der Waals surface area contributed by atoms with Crippen LogP contribution in [0, 0.1) is 17.8 Å². The zero-order valence-electron chi connectivity index (χ0n) is 15.7. The number of fused-ring (bicyclic) bond motifs is 3. The van der Waals surface area contributed by atoms with Gasteiger partial charge in [0.2, 0.25) is 11.8 Å². The average Bonchev–Trinajstić information content (AvgIpc) is 2.98. The highest BCUT2D eigenvalue weighted by molar-refractivity contribution is 5.96. The Morgan fingerprint density at radius 3 is 2.54 bits per heavy atom. The van der Waals surface area contributed by atoms with Crippen molar-refractivity contribution in [1.29, 1.82) is 0 Å². The molecule has 2 fully saturated rings. The number of hydrogen-bond donors (Lipinski definition) is 1. The van der Waals surface area contributed by atoms with Gasteiger partial charge >= 0.3 is 0 Å². The van der Waals surface area contributed by atoms with Gasteiger partial charge in [-0.3, -0.25) is 9.59 Å². The van der Waals surface area contributed by atoms with Crippen molar-refractivity contribution < 1.29 is 14.0 Å². The van der Waals surface area contributed by atoms with Crippen LogP contribution in [0.3, 0.4) is 0 Å². The Kier molecular flexibility index (Phi) is 4.13. The van der Waals surface area contributed by atoms with E-state index in [-0.39, 0.29) is 29.1 Å². The highest BCUT2D eigenvalue weighted by Crippen LogP contribution is 2.40. The molecule has 5 nitrogen and oxygen atoms in total. The lowest BCUT2D eigenvalue weighted by molar-refractivity contribution is -0.136. The second-order valence-electron chi connectivity index (χ2n) is 8.84. The van der Waals surface area contributed by atoms with Crippen LogP contribution in [0.1, 0.15) is 58.8 Å². The van der Waals surface area contributed by atoms with E-state index < -0.39 is 0 Å². The lowest BCUT2D eigenvalue weighted by atomic mass is 9.67. The minimum atomic E-state index is -0.158. The van der Waals surface area contributed by atoms with Gasteiger partial charge in [-0.15, -0.1) is 0 Å². The summed E-state index contributed by atoms with van der Waals surface area (Å²) >= 11 is 0. The first-order valence-electron chi connectivity index (χ1n) is 9.57. The summed E-state index contributed by atoms with van der Waals surface area (Å²) in [4.78, 5) is 29.5. The number of rotatable bonds is 2. The van der Waals surface area contributed by atoms with E-state index in [2.05, 4.69) is 31.1 Å². The number of nitrogens with one attached hydrogen (secondary N) is 1. The number of ketones is 1. The molecule has 26 heavy (non-hydrogen) atoms. The predicted octanol–water partition coefficient (Wildman–Crippen LogP) is 4.46. The number of Topliss-reactive ketones (excluding diaryl/α,β-unsaturated/α-hetero) is 1. The van der Waals surface area contributed by atoms with E-state index in [1.165, 1.54) is 0 Å². The Bertz CT molecular complexity index is 846. The Morgan fingerprint density at radius 1 is 1.19 bits per heavy atom. The molecule has 1 aromatic heterocycles. The molecule has 2 atom stereocenters. The van der Waals surface area contributed by atoms with Crippen LogP contribution in [0.25, 0.3) is 11.1 Å². The van der Waals surface area contributed by atoms with Crippen molar-refractivity contribution in [3.8, 4) is 0 Å². The molecule has 0 spiro atoms. The molecule has 2 aliphatic rings. The zero-order chi connectivity index (χ0) is 18.5. The third kappa shape index (κ3) is 3.15. The molecule has 2 saturated carbocycles. The van der Waals surface area contributed by atoms with Gasteiger partial charge in [0, 0.05) is 28.9 Å². The summed E-state index contributed by atoms with van der Waals surface area (Å²) in [7, 11) is 0. The van der Waals surface area contributed by atoms with E-state index in [0.717, 1.165) is 36.0 Å². The molecule has 2 aromatic rings. The second kappa shape index (κ2) is 6.22. The van der Waals surface area contributed by atoms with Gasteiger partial charge in [0.25, 0.3) is 0 Å². The molecule has 2 bridgehead atoms. The van der Waals surface area contributed by atoms with Crippen molar-refractivity contribution >= 4 is 28.5 Å². The second-order valence-corrected chi connectivity index (χ2v) is 8.84. The highest BCUT2D eigenvalue weighted by Gasteiger charge is 2.41. The average molecular weight is 354 g/mol. The SMILES string of the molecule is CC(C)(C)c1nc2cc(NC(=O)C3CC4CCCC(C3)C4=O)ccc2o1. The van der Waals surface area contributed by atoms with Gasteiger partial charge in [-0.25, -0.2) is 4.98 Å². The maximum absolute atomic E-state index is 12.7. The van der Waals surface area contributed by atoms with Crippen LogP contribution >= 0.6 is 0 Å². The Hall–Kier alpha value is -2.17. The molecular weight excluding hydrogens is 328 g/mol. The van der Waals surface area contributed by atoms with Crippen molar-refractivity contribution in [3.05, 3.63) is 24.1 Å². The summed E-state index contributed by atoms with van der Waals surface area (Å²) in [5, 5.41) is 3.02. The first-order chi connectivity index (χ1) is 12.3. The molecule has 2 unspecified atom stereocenters. The largest absolute Gasteiger partial charge is 0.440 e. The fraction of sp³-hybridized carbons (Fsp3) is 0.571. The Balaban J connectivity index is 1.50. The van der Waals surface area contributed by atoms with Crippen molar-refractivity contribution in [2.75, 3.05) is 5.32 Å². The summed E-state index contributed by atoms with van der Waals surface area (Å²) in [5.41, 5.74) is 2.06. The van der Waals surface area contributed by atoms with Gasteiger partial charge in [-0.2, -0.15) is 0 Å². The van der Waals surface area contributed by atoms with Crippen LogP contribution in [0.2, 0.25) is 0 Å². The van der Waals surface area contributed by atoms with Crippen molar-refractivity contribution in [2.45, 2.75) is 58.3 Å². The molecular formula is C21H26N2O3. The number of aromatic nitrogens is 1. The van der Waals surface area contributed by atoms with E-state index in [9.17, 15) is 9.59 Å². The monoisotopic (exact) mass is 354 g/mol. The summed E-state index contributed by atoms with van der Waals surface area (Å²) in [5.74, 6) is 1.21. The number of hydrogen-bond acceptors (Lipinski definition) is 4. The Labute approximate surface area is 153 Å². The number of nitrogens with zero attached hydrogens (tertiary/aromatic N) is 1. The predicted molar refractivity (Wildman–Crippen MR) is 99.9 cm³/mol. The number of carbonyl (C=O) groups is 2. The smallest absolute Gasteiger partial charge is 0.227 e. The maximum atomic E-state index is 12.7. The van der Waals surface area contributed by atoms with E-state index in [1.54, 1.807) is 0 Å². The standard InChI is InChI=1S/C21H26N2O3/c1-21(2,3)20-23-16-11-15(7-8-17(16)26-20)22-19(25)14-9-12-5-4-6-13(10-14)18(12)24/h7-8,11-14H,4-6,9-10H2,1-3H3,(H,22,25). The van der Waals surface area contributed by atoms with Gasteiger partial charge in [0.05, 0.1) is 0 Å². The van der Waals surface area contributed by atoms with E-state index >= 15 is 0 Å². The fourth-order valence-corrected chi connectivity index (χ4v) is 4.26. The zero-order valence-corrected chi connectivity index (χ0v) is 15.7. The molecule has 0 saturated heterocycles. The molecule has 0 aliphatic heterocycles.